The van der Waals surface area contributed by atoms with E-state index in [-0.39, 0.29) is 24.0 Å². The van der Waals surface area contributed by atoms with Gasteiger partial charge in [-0.3, -0.25) is 4.79 Å². The van der Waals surface area contributed by atoms with Crippen molar-refractivity contribution >= 4 is 21.8 Å². The molecule has 0 saturated carbocycles. The second-order valence-electron chi connectivity index (χ2n) is 7.57. The minimum atomic E-state index is -0.135. The van der Waals surface area contributed by atoms with E-state index in [9.17, 15) is 4.79 Å². The highest BCUT2D eigenvalue weighted by Gasteiger charge is 2.15. The lowest BCUT2D eigenvalue weighted by atomic mass is 9.86. The van der Waals surface area contributed by atoms with Crippen LogP contribution in [-0.2, 0) is 16.6 Å². The standard InChI is InChI=1S/C22H28BrNO2/c1-6-16-7-12-20(19(23)13-16)26-14-21(25)24-15(2)17-8-10-18(11-9-17)22(3,4)5/h7-13,15H,6,14H2,1-5H3,(H,24,25)/t15-/m1/s1. The van der Waals surface area contributed by atoms with E-state index in [0.717, 1.165) is 16.5 Å². The summed E-state index contributed by atoms with van der Waals surface area (Å²) in [4.78, 5) is 12.2. The van der Waals surface area contributed by atoms with Gasteiger partial charge in [0.2, 0.25) is 0 Å². The van der Waals surface area contributed by atoms with Crippen molar-refractivity contribution in [2.24, 2.45) is 0 Å². The van der Waals surface area contributed by atoms with Crippen molar-refractivity contribution in [3.05, 3.63) is 63.6 Å². The second kappa shape index (κ2) is 8.72. The third kappa shape index (κ3) is 5.60. The lowest BCUT2D eigenvalue weighted by Crippen LogP contribution is -2.31. The minimum absolute atomic E-state index is 0.00547. The molecule has 0 aliphatic carbocycles. The van der Waals surface area contributed by atoms with E-state index in [1.165, 1.54) is 11.1 Å². The fourth-order valence-electron chi connectivity index (χ4n) is 2.66. The number of ether oxygens (including phenoxy) is 1. The molecule has 0 radical (unpaired) electrons. The second-order valence-corrected chi connectivity index (χ2v) is 8.42. The van der Waals surface area contributed by atoms with Crippen molar-refractivity contribution in [2.75, 3.05) is 6.61 Å². The van der Waals surface area contributed by atoms with Gasteiger partial charge in [-0.05, 0) is 63.5 Å². The molecule has 2 rings (SSSR count). The van der Waals surface area contributed by atoms with Gasteiger partial charge in [0.05, 0.1) is 10.5 Å². The predicted octanol–water partition coefficient (Wildman–Crippen LogP) is 5.57. The van der Waals surface area contributed by atoms with E-state index in [1.807, 2.05) is 25.1 Å². The molecule has 1 atom stereocenters. The molecule has 0 spiro atoms. The van der Waals surface area contributed by atoms with Crippen LogP contribution in [0.3, 0.4) is 0 Å². The molecule has 0 unspecified atom stereocenters. The third-order valence-corrected chi connectivity index (χ3v) is 5.04. The Morgan fingerprint density at radius 3 is 2.35 bits per heavy atom. The monoisotopic (exact) mass is 417 g/mol. The maximum absolute atomic E-state index is 12.2. The lowest BCUT2D eigenvalue weighted by Gasteiger charge is -2.21. The number of amides is 1. The van der Waals surface area contributed by atoms with E-state index >= 15 is 0 Å². The van der Waals surface area contributed by atoms with Crippen molar-refractivity contribution in [3.8, 4) is 5.75 Å². The summed E-state index contributed by atoms with van der Waals surface area (Å²) in [6.07, 6.45) is 0.963. The van der Waals surface area contributed by atoms with Crippen LogP contribution in [0.1, 0.15) is 57.4 Å². The topological polar surface area (TPSA) is 38.3 Å². The maximum atomic E-state index is 12.2. The first-order valence-corrected chi connectivity index (χ1v) is 9.81. The molecule has 2 aromatic carbocycles. The number of rotatable bonds is 6. The van der Waals surface area contributed by atoms with Crippen molar-refractivity contribution in [1.82, 2.24) is 5.32 Å². The Balaban J connectivity index is 1.91. The average molecular weight is 418 g/mol. The van der Waals surface area contributed by atoms with E-state index in [0.29, 0.717) is 5.75 Å². The molecule has 1 amide bonds. The summed E-state index contributed by atoms with van der Waals surface area (Å²) >= 11 is 3.49. The molecule has 0 saturated heterocycles. The van der Waals surface area contributed by atoms with Gasteiger partial charge in [0.15, 0.2) is 6.61 Å². The molecule has 4 heteroatoms. The zero-order valence-electron chi connectivity index (χ0n) is 16.2. The molecule has 0 aliphatic heterocycles. The Labute approximate surface area is 165 Å². The zero-order valence-corrected chi connectivity index (χ0v) is 17.8. The SMILES string of the molecule is CCc1ccc(OCC(=O)N[C@H](C)c2ccc(C(C)(C)C)cc2)c(Br)c1. The fourth-order valence-corrected chi connectivity index (χ4v) is 3.20. The Kier molecular flexibility index (Phi) is 6.87. The molecule has 2 aromatic rings. The van der Waals surface area contributed by atoms with Crippen LogP contribution in [0.15, 0.2) is 46.9 Å². The Morgan fingerprint density at radius 1 is 1.15 bits per heavy atom. The van der Waals surface area contributed by atoms with Gasteiger partial charge in [0.25, 0.3) is 5.91 Å². The number of carbonyl (C=O) groups is 1. The van der Waals surface area contributed by atoms with E-state index in [1.54, 1.807) is 0 Å². The predicted molar refractivity (Wildman–Crippen MR) is 111 cm³/mol. The first-order valence-electron chi connectivity index (χ1n) is 9.01. The quantitative estimate of drug-likeness (QED) is 0.667. The molecule has 0 heterocycles. The van der Waals surface area contributed by atoms with Crippen LogP contribution in [0.25, 0.3) is 0 Å². The zero-order chi connectivity index (χ0) is 19.3. The first-order chi connectivity index (χ1) is 12.2. The van der Waals surface area contributed by atoms with Gasteiger partial charge in [0, 0.05) is 0 Å². The third-order valence-electron chi connectivity index (χ3n) is 4.42. The van der Waals surface area contributed by atoms with Crippen LogP contribution in [-0.4, -0.2) is 12.5 Å². The van der Waals surface area contributed by atoms with Crippen LogP contribution >= 0.6 is 15.9 Å². The smallest absolute Gasteiger partial charge is 0.258 e. The molecule has 26 heavy (non-hydrogen) atoms. The summed E-state index contributed by atoms with van der Waals surface area (Å²) in [5.74, 6) is 0.545. The summed E-state index contributed by atoms with van der Waals surface area (Å²) in [7, 11) is 0. The molecular weight excluding hydrogens is 390 g/mol. The number of hydrogen-bond acceptors (Lipinski definition) is 2. The van der Waals surface area contributed by atoms with E-state index < -0.39 is 0 Å². The number of benzene rings is 2. The molecule has 140 valence electrons. The van der Waals surface area contributed by atoms with Gasteiger partial charge < -0.3 is 10.1 Å². The highest BCUT2D eigenvalue weighted by molar-refractivity contribution is 9.10. The van der Waals surface area contributed by atoms with Gasteiger partial charge in [-0.2, -0.15) is 0 Å². The largest absolute Gasteiger partial charge is 0.483 e. The summed E-state index contributed by atoms with van der Waals surface area (Å²) in [6.45, 7) is 10.6. The highest BCUT2D eigenvalue weighted by Crippen LogP contribution is 2.26. The van der Waals surface area contributed by atoms with Crippen LogP contribution in [0.4, 0.5) is 0 Å². The number of carbonyl (C=O) groups excluding carboxylic acids is 1. The number of nitrogens with one attached hydrogen (secondary N) is 1. The van der Waals surface area contributed by atoms with E-state index in [2.05, 4.69) is 73.2 Å². The van der Waals surface area contributed by atoms with Crippen LogP contribution in [0.5, 0.6) is 5.75 Å². The van der Waals surface area contributed by atoms with Gasteiger partial charge in [-0.1, -0.05) is 58.0 Å². The number of halogens is 1. The maximum Gasteiger partial charge on any atom is 0.258 e. The van der Waals surface area contributed by atoms with Crippen LogP contribution in [0, 0.1) is 0 Å². The van der Waals surface area contributed by atoms with Crippen molar-refractivity contribution < 1.29 is 9.53 Å². The average Bonchev–Trinajstić information content (AvgIpc) is 2.59. The summed E-state index contributed by atoms with van der Waals surface area (Å²) in [6, 6.07) is 14.3. The Hall–Kier alpha value is -1.81. The van der Waals surface area contributed by atoms with Crippen LogP contribution < -0.4 is 10.1 Å². The molecule has 0 aliphatic rings. The Bertz CT molecular complexity index is 748. The minimum Gasteiger partial charge on any atom is -0.483 e. The van der Waals surface area contributed by atoms with Gasteiger partial charge in [-0.25, -0.2) is 0 Å². The van der Waals surface area contributed by atoms with E-state index in [4.69, 9.17) is 4.74 Å². The molecule has 1 N–H and O–H groups in total. The van der Waals surface area contributed by atoms with Gasteiger partial charge in [0.1, 0.15) is 5.75 Å². The number of hydrogen-bond donors (Lipinski definition) is 1. The van der Waals surface area contributed by atoms with Crippen molar-refractivity contribution in [1.29, 1.82) is 0 Å². The summed E-state index contributed by atoms with van der Waals surface area (Å²) in [5.41, 5.74) is 3.71. The molecule has 3 nitrogen and oxygen atoms in total. The highest BCUT2D eigenvalue weighted by atomic mass is 79.9. The molecule has 0 aromatic heterocycles. The molecular formula is C22H28BrNO2. The van der Waals surface area contributed by atoms with Crippen LogP contribution in [0.2, 0.25) is 0 Å². The molecule has 0 bridgehead atoms. The van der Waals surface area contributed by atoms with Crippen molar-refractivity contribution in [2.45, 2.75) is 52.5 Å². The van der Waals surface area contributed by atoms with Crippen molar-refractivity contribution in [3.63, 3.8) is 0 Å². The summed E-state index contributed by atoms with van der Waals surface area (Å²) < 4.78 is 6.51. The Morgan fingerprint density at radius 2 is 1.81 bits per heavy atom. The molecule has 0 fully saturated rings. The lowest BCUT2D eigenvalue weighted by molar-refractivity contribution is -0.123. The van der Waals surface area contributed by atoms with Gasteiger partial charge >= 0.3 is 0 Å². The summed E-state index contributed by atoms with van der Waals surface area (Å²) in [5, 5.41) is 2.99. The normalized spacial score (nSPS) is 12.5. The number of aryl methyl sites for hydroxylation is 1. The van der Waals surface area contributed by atoms with Gasteiger partial charge in [-0.15, -0.1) is 0 Å². The fraction of sp³-hybridized carbons (Fsp3) is 0.409. The first kappa shape index (κ1) is 20.5.